The second kappa shape index (κ2) is 12.6. The Balaban J connectivity index is 1.28. The smallest absolute Gasteiger partial charge is 0.417 e. The van der Waals surface area contributed by atoms with Gasteiger partial charge in [-0.1, -0.05) is 11.3 Å². The molecule has 3 aromatic heterocycles. The van der Waals surface area contributed by atoms with E-state index < -0.39 is 23.6 Å². The van der Waals surface area contributed by atoms with Crippen molar-refractivity contribution >= 4 is 45.5 Å². The zero-order chi connectivity index (χ0) is 30.0. The van der Waals surface area contributed by atoms with E-state index in [1.165, 1.54) is 23.7 Å². The van der Waals surface area contributed by atoms with Gasteiger partial charge in [0.25, 0.3) is 5.91 Å². The van der Waals surface area contributed by atoms with Crippen molar-refractivity contribution in [1.29, 1.82) is 0 Å². The number of halogens is 3. The van der Waals surface area contributed by atoms with Crippen LogP contribution in [0.3, 0.4) is 0 Å². The molecule has 0 aromatic carbocycles. The van der Waals surface area contributed by atoms with Gasteiger partial charge in [-0.3, -0.25) is 24.7 Å². The number of rotatable bonds is 9. The molecular formula is C27H32F3N7O3S2. The maximum Gasteiger partial charge on any atom is 0.417 e. The van der Waals surface area contributed by atoms with Gasteiger partial charge in [0.15, 0.2) is 5.13 Å². The van der Waals surface area contributed by atoms with E-state index in [2.05, 4.69) is 41.9 Å². The van der Waals surface area contributed by atoms with Gasteiger partial charge in [-0.15, -0.1) is 11.3 Å². The van der Waals surface area contributed by atoms with Crippen molar-refractivity contribution in [3.05, 3.63) is 40.0 Å². The Bertz CT molecular complexity index is 1410. The fourth-order valence-electron chi connectivity index (χ4n) is 5.30. The maximum atomic E-state index is 13.3. The van der Waals surface area contributed by atoms with Gasteiger partial charge in [-0.05, 0) is 39.3 Å². The molecule has 226 valence electrons. The van der Waals surface area contributed by atoms with Gasteiger partial charge in [0.05, 0.1) is 34.9 Å². The van der Waals surface area contributed by atoms with Crippen LogP contribution in [0, 0.1) is 0 Å². The fraction of sp³-hybridized carbons (Fsp3) is 0.519. The summed E-state index contributed by atoms with van der Waals surface area (Å²) in [5.74, 6) is -0.712. The predicted octanol–water partition coefficient (Wildman–Crippen LogP) is 4.90. The number of nitrogens with zero attached hydrogens (tertiary/aromatic N) is 6. The van der Waals surface area contributed by atoms with Crippen LogP contribution < -0.4 is 10.2 Å². The Morgan fingerprint density at radius 1 is 1.14 bits per heavy atom. The van der Waals surface area contributed by atoms with Gasteiger partial charge < -0.3 is 10.0 Å². The van der Waals surface area contributed by atoms with Gasteiger partial charge in [-0.25, -0.2) is 15.0 Å². The zero-order valence-corrected chi connectivity index (χ0v) is 24.9. The number of carbonyl (C=O) groups excluding carboxylic acids is 1. The van der Waals surface area contributed by atoms with Crippen LogP contribution in [0.15, 0.2) is 23.8 Å². The van der Waals surface area contributed by atoms with Crippen LogP contribution in [0.5, 0.6) is 0 Å². The molecule has 2 N–H and O–H groups in total. The molecule has 0 radical (unpaired) electrons. The third kappa shape index (κ3) is 7.07. The summed E-state index contributed by atoms with van der Waals surface area (Å²) in [6.07, 6.45) is 0.701. The number of thiazole rings is 1. The zero-order valence-electron chi connectivity index (χ0n) is 23.2. The number of anilines is 2. The second-order valence-electron chi connectivity index (χ2n) is 10.7. The molecule has 0 saturated carbocycles. The number of carboxylic acids is 1. The van der Waals surface area contributed by atoms with Crippen molar-refractivity contribution in [2.24, 2.45) is 0 Å². The molecule has 0 spiro atoms. The maximum absolute atomic E-state index is 13.3. The minimum atomic E-state index is -4.44. The lowest BCUT2D eigenvalue weighted by Gasteiger charge is -2.40. The SMILES string of the molecule is C[C@@H]1CCCN1Cc1sc(NC(=O)c2cnc(N3CCN(CCC(=O)O)C[C@H]3C)cn2)nc1-c1cc(C(F)(F)F)cs1. The van der Waals surface area contributed by atoms with Crippen LogP contribution in [0.25, 0.3) is 10.6 Å². The summed E-state index contributed by atoms with van der Waals surface area (Å²) < 4.78 is 39.9. The van der Waals surface area contributed by atoms with E-state index in [4.69, 9.17) is 5.11 Å². The third-order valence-electron chi connectivity index (χ3n) is 7.63. The number of amides is 1. The predicted molar refractivity (Wildman–Crippen MR) is 155 cm³/mol. The molecule has 2 aliphatic heterocycles. The molecule has 10 nitrogen and oxygen atoms in total. The van der Waals surface area contributed by atoms with Crippen LogP contribution >= 0.6 is 22.7 Å². The van der Waals surface area contributed by atoms with Gasteiger partial charge in [0.2, 0.25) is 0 Å². The molecule has 5 heterocycles. The van der Waals surface area contributed by atoms with Gasteiger partial charge in [-0.2, -0.15) is 13.2 Å². The van der Waals surface area contributed by atoms with Crippen LogP contribution in [-0.2, 0) is 17.5 Å². The molecule has 2 atom stereocenters. The molecule has 2 aliphatic rings. The number of likely N-dealkylation sites (tertiary alicyclic amines) is 1. The van der Waals surface area contributed by atoms with Crippen LogP contribution in [0.2, 0.25) is 0 Å². The van der Waals surface area contributed by atoms with Crippen LogP contribution in [0.4, 0.5) is 24.1 Å². The average Bonchev–Trinajstić information content (AvgIpc) is 3.68. The molecule has 2 fully saturated rings. The van der Waals surface area contributed by atoms with Gasteiger partial charge in [0.1, 0.15) is 11.5 Å². The summed E-state index contributed by atoms with van der Waals surface area (Å²) in [6, 6.07) is 1.55. The number of thiophene rings is 1. The highest BCUT2D eigenvalue weighted by Crippen LogP contribution is 2.40. The number of piperazine rings is 1. The van der Waals surface area contributed by atoms with Gasteiger partial charge >= 0.3 is 12.1 Å². The molecule has 2 saturated heterocycles. The number of nitrogens with one attached hydrogen (secondary N) is 1. The Morgan fingerprint density at radius 2 is 1.95 bits per heavy atom. The summed E-state index contributed by atoms with van der Waals surface area (Å²) in [7, 11) is 0. The van der Waals surface area contributed by atoms with E-state index in [0.29, 0.717) is 55.2 Å². The van der Waals surface area contributed by atoms with E-state index in [1.807, 2.05) is 6.92 Å². The van der Waals surface area contributed by atoms with Crippen molar-refractivity contribution in [1.82, 2.24) is 24.8 Å². The van der Waals surface area contributed by atoms with Crippen molar-refractivity contribution in [2.45, 2.75) is 57.9 Å². The van der Waals surface area contributed by atoms with Crippen molar-refractivity contribution in [3.8, 4) is 10.6 Å². The molecule has 0 bridgehead atoms. The first kappa shape index (κ1) is 30.3. The van der Waals surface area contributed by atoms with Crippen molar-refractivity contribution in [2.75, 3.05) is 42.9 Å². The fourth-order valence-corrected chi connectivity index (χ4v) is 7.30. The van der Waals surface area contributed by atoms with E-state index in [1.54, 1.807) is 0 Å². The molecule has 0 unspecified atom stereocenters. The molecule has 3 aromatic rings. The van der Waals surface area contributed by atoms with Gasteiger partial charge in [0, 0.05) is 55.1 Å². The molecule has 5 rings (SSSR count). The lowest BCUT2D eigenvalue weighted by atomic mass is 10.2. The van der Waals surface area contributed by atoms with Crippen LogP contribution in [-0.4, -0.2) is 86.5 Å². The summed E-state index contributed by atoms with van der Waals surface area (Å²) in [4.78, 5) is 44.9. The first-order valence-electron chi connectivity index (χ1n) is 13.7. The number of carbonyl (C=O) groups is 2. The lowest BCUT2D eigenvalue weighted by Crippen LogP contribution is -2.52. The molecule has 1 amide bonds. The summed E-state index contributed by atoms with van der Waals surface area (Å²) in [6.45, 7) is 8.13. The second-order valence-corrected chi connectivity index (χ2v) is 12.6. The number of alkyl halides is 3. The quantitative estimate of drug-likeness (QED) is 0.344. The first-order chi connectivity index (χ1) is 20.0. The topological polar surface area (TPSA) is 115 Å². The lowest BCUT2D eigenvalue weighted by molar-refractivity contribution is -0.138. The molecule has 15 heteroatoms. The Kier molecular flexibility index (Phi) is 9.11. The minimum absolute atomic E-state index is 0.0853. The largest absolute Gasteiger partial charge is 0.481 e. The van der Waals surface area contributed by atoms with E-state index in [9.17, 15) is 22.8 Å². The van der Waals surface area contributed by atoms with E-state index >= 15 is 0 Å². The Morgan fingerprint density at radius 3 is 2.57 bits per heavy atom. The number of hydrogen-bond acceptors (Lipinski definition) is 10. The number of aromatic nitrogens is 3. The number of aliphatic carboxylic acids is 1. The minimum Gasteiger partial charge on any atom is -0.481 e. The van der Waals surface area contributed by atoms with Crippen molar-refractivity contribution < 1.29 is 27.9 Å². The Hall–Kier alpha value is -3.14. The highest BCUT2D eigenvalue weighted by molar-refractivity contribution is 7.17. The van der Waals surface area contributed by atoms with E-state index in [-0.39, 0.29) is 23.3 Å². The molecule has 0 aliphatic carbocycles. The van der Waals surface area contributed by atoms with Crippen molar-refractivity contribution in [3.63, 3.8) is 0 Å². The summed E-state index contributed by atoms with van der Waals surface area (Å²) in [5, 5.41) is 13.1. The highest BCUT2D eigenvalue weighted by atomic mass is 32.1. The summed E-state index contributed by atoms with van der Waals surface area (Å²) in [5.41, 5.74) is -0.172. The molecular weight excluding hydrogens is 591 g/mol. The highest BCUT2D eigenvalue weighted by Gasteiger charge is 2.33. The normalized spacial score (nSPS) is 20.3. The Labute approximate surface area is 249 Å². The van der Waals surface area contributed by atoms with Crippen LogP contribution in [0.1, 0.15) is 54.0 Å². The first-order valence-corrected chi connectivity index (χ1v) is 15.4. The number of carboxylic acid groups (broad SMARTS) is 1. The monoisotopic (exact) mass is 623 g/mol. The standard InChI is InChI=1S/C27H32F3N7O3S2/c1-16-4-3-6-36(16)14-21-24(20-10-18(15-41-20)27(28,29)30)33-26(42-21)34-25(40)19-11-32-22(12-31-19)37-9-8-35(13-17(37)2)7-5-23(38)39/h10-12,15-17H,3-9,13-14H2,1-2H3,(H,38,39)(H,33,34,40)/t16-,17-/m1/s1. The number of hydrogen-bond donors (Lipinski definition) is 2. The van der Waals surface area contributed by atoms with E-state index in [0.717, 1.165) is 47.0 Å². The summed E-state index contributed by atoms with van der Waals surface area (Å²) >= 11 is 2.24. The third-order valence-corrected chi connectivity index (χ3v) is 9.53. The molecule has 42 heavy (non-hydrogen) atoms. The average molecular weight is 624 g/mol.